The molecule has 23 heavy (non-hydrogen) atoms. The van der Waals surface area contributed by atoms with Gasteiger partial charge in [0.2, 0.25) is 0 Å². The van der Waals surface area contributed by atoms with Crippen LogP contribution < -0.4 is 5.32 Å². The molecule has 0 unspecified atom stereocenters. The first-order chi connectivity index (χ1) is 11.3. The third kappa shape index (κ3) is 4.45. The van der Waals surface area contributed by atoms with Gasteiger partial charge in [-0.25, -0.2) is 4.98 Å². The lowest BCUT2D eigenvalue weighted by molar-refractivity contribution is 0.282. The van der Waals surface area contributed by atoms with Gasteiger partial charge in [0.15, 0.2) is 0 Å². The molecule has 2 aromatic heterocycles. The topological polar surface area (TPSA) is 58.0 Å². The van der Waals surface area contributed by atoms with Gasteiger partial charge in [-0.1, -0.05) is 30.3 Å². The molecule has 4 nitrogen and oxygen atoms in total. The highest BCUT2D eigenvalue weighted by atomic mass is 32.1. The van der Waals surface area contributed by atoms with Crippen LogP contribution in [0.1, 0.15) is 16.8 Å². The van der Waals surface area contributed by atoms with E-state index in [9.17, 15) is 0 Å². The maximum Gasteiger partial charge on any atom is 0.142 e. The summed E-state index contributed by atoms with van der Waals surface area (Å²) in [4.78, 5) is 8.94. The Morgan fingerprint density at radius 1 is 1.04 bits per heavy atom. The van der Waals surface area contributed by atoms with Gasteiger partial charge < -0.3 is 10.4 Å². The molecule has 0 bridgehead atoms. The van der Waals surface area contributed by atoms with E-state index in [1.165, 1.54) is 5.56 Å². The van der Waals surface area contributed by atoms with Gasteiger partial charge in [0.05, 0.1) is 18.0 Å². The largest absolute Gasteiger partial charge is 0.392 e. The first-order valence-electron chi connectivity index (χ1n) is 7.60. The molecule has 0 aliphatic heterocycles. The molecule has 2 heterocycles. The molecule has 5 heteroatoms. The van der Waals surface area contributed by atoms with Crippen molar-refractivity contribution in [3.8, 4) is 10.7 Å². The second-order valence-corrected chi connectivity index (χ2v) is 6.12. The zero-order valence-electron chi connectivity index (χ0n) is 12.8. The van der Waals surface area contributed by atoms with Crippen LogP contribution in [0.5, 0.6) is 0 Å². The van der Waals surface area contributed by atoms with E-state index in [1.54, 1.807) is 17.5 Å². The van der Waals surface area contributed by atoms with Gasteiger partial charge in [0, 0.05) is 18.1 Å². The quantitative estimate of drug-likeness (QED) is 0.656. The highest BCUT2D eigenvalue weighted by Gasteiger charge is 2.05. The molecular weight excluding hydrogens is 306 g/mol. The Morgan fingerprint density at radius 2 is 1.87 bits per heavy atom. The highest BCUT2D eigenvalue weighted by Crippen LogP contribution is 2.21. The molecule has 2 N–H and O–H groups in total. The minimum absolute atomic E-state index is 0.0982. The molecule has 118 valence electrons. The number of aliphatic hydroxyl groups is 1. The minimum atomic E-state index is 0.0982. The summed E-state index contributed by atoms with van der Waals surface area (Å²) in [5.41, 5.74) is 4.19. The van der Waals surface area contributed by atoms with E-state index in [4.69, 9.17) is 5.11 Å². The minimum Gasteiger partial charge on any atom is -0.392 e. The molecule has 0 saturated carbocycles. The summed E-state index contributed by atoms with van der Waals surface area (Å²) >= 11 is 1.62. The van der Waals surface area contributed by atoms with Crippen molar-refractivity contribution in [3.63, 3.8) is 0 Å². The van der Waals surface area contributed by atoms with Gasteiger partial charge in [-0.15, -0.1) is 11.3 Å². The van der Waals surface area contributed by atoms with Crippen LogP contribution >= 0.6 is 11.3 Å². The van der Waals surface area contributed by atoms with E-state index in [0.29, 0.717) is 0 Å². The van der Waals surface area contributed by atoms with Crippen molar-refractivity contribution >= 4 is 11.3 Å². The Kier molecular flexibility index (Phi) is 5.47. The smallest absolute Gasteiger partial charge is 0.142 e. The Bertz CT molecular complexity index is 726. The van der Waals surface area contributed by atoms with Crippen LogP contribution in [0.25, 0.3) is 10.7 Å². The summed E-state index contributed by atoms with van der Waals surface area (Å²) in [6.45, 7) is 1.76. The third-order valence-corrected chi connectivity index (χ3v) is 4.45. The summed E-state index contributed by atoms with van der Waals surface area (Å²) in [6.07, 6.45) is 2.75. The van der Waals surface area contributed by atoms with Gasteiger partial charge in [-0.05, 0) is 36.2 Å². The SMILES string of the molecule is OCc1ccc(CCNCc2csc(-c3ccccn3)n2)cc1. The second-order valence-electron chi connectivity index (χ2n) is 5.26. The van der Waals surface area contributed by atoms with Crippen LogP contribution in [0.15, 0.2) is 54.0 Å². The van der Waals surface area contributed by atoms with Gasteiger partial charge in [0.25, 0.3) is 0 Å². The summed E-state index contributed by atoms with van der Waals surface area (Å²) < 4.78 is 0. The van der Waals surface area contributed by atoms with Crippen molar-refractivity contribution in [1.29, 1.82) is 0 Å². The normalized spacial score (nSPS) is 10.8. The molecule has 0 aliphatic rings. The Balaban J connectivity index is 1.46. The summed E-state index contributed by atoms with van der Waals surface area (Å²) in [7, 11) is 0. The lowest BCUT2D eigenvalue weighted by atomic mass is 10.1. The maximum absolute atomic E-state index is 9.03. The first kappa shape index (κ1) is 15.8. The molecule has 0 fully saturated rings. The Morgan fingerprint density at radius 3 is 2.61 bits per heavy atom. The summed E-state index contributed by atoms with van der Waals surface area (Å²) in [6, 6.07) is 13.9. The number of nitrogens with one attached hydrogen (secondary N) is 1. The average molecular weight is 325 g/mol. The maximum atomic E-state index is 9.03. The molecule has 0 aliphatic carbocycles. The molecule has 1 aromatic carbocycles. The standard InChI is InChI=1S/C18H19N3OS/c22-12-15-6-4-14(5-7-15)8-10-19-11-16-13-23-18(21-16)17-3-1-2-9-20-17/h1-7,9,13,19,22H,8,10-12H2. The monoisotopic (exact) mass is 325 g/mol. The van der Waals surface area contributed by atoms with Crippen LogP contribution in [-0.2, 0) is 19.6 Å². The van der Waals surface area contributed by atoms with E-state index in [0.717, 1.165) is 41.5 Å². The molecule has 3 aromatic rings. The molecule has 0 amide bonds. The van der Waals surface area contributed by atoms with Gasteiger partial charge in [-0.2, -0.15) is 0 Å². The number of thiazole rings is 1. The number of rotatable bonds is 7. The fourth-order valence-electron chi connectivity index (χ4n) is 2.26. The number of pyridine rings is 1. The molecule has 3 rings (SSSR count). The molecule has 0 spiro atoms. The number of hydrogen-bond donors (Lipinski definition) is 2. The van der Waals surface area contributed by atoms with Crippen molar-refractivity contribution in [2.75, 3.05) is 6.54 Å². The average Bonchev–Trinajstić information content (AvgIpc) is 3.09. The van der Waals surface area contributed by atoms with Crippen molar-refractivity contribution in [2.45, 2.75) is 19.6 Å². The number of aliphatic hydroxyl groups excluding tert-OH is 1. The lowest BCUT2D eigenvalue weighted by Crippen LogP contribution is -2.16. The van der Waals surface area contributed by atoms with Crippen LogP contribution in [0.4, 0.5) is 0 Å². The van der Waals surface area contributed by atoms with E-state index in [2.05, 4.69) is 32.8 Å². The number of benzene rings is 1. The fraction of sp³-hybridized carbons (Fsp3) is 0.222. The predicted octanol–water partition coefficient (Wildman–Crippen LogP) is 3.03. The Hall–Kier alpha value is -2.08. The van der Waals surface area contributed by atoms with E-state index >= 15 is 0 Å². The first-order valence-corrected chi connectivity index (χ1v) is 8.48. The molecule has 0 atom stereocenters. The van der Waals surface area contributed by atoms with Crippen molar-refractivity contribution in [3.05, 3.63) is 70.9 Å². The molecule has 0 radical (unpaired) electrons. The van der Waals surface area contributed by atoms with Gasteiger partial charge in [0.1, 0.15) is 5.01 Å². The fourth-order valence-corrected chi connectivity index (χ4v) is 3.05. The van der Waals surface area contributed by atoms with E-state index < -0.39 is 0 Å². The van der Waals surface area contributed by atoms with Crippen molar-refractivity contribution in [2.24, 2.45) is 0 Å². The molecule has 0 saturated heterocycles. The van der Waals surface area contributed by atoms with Crippen LogP contribution in [-0.4, -0.2) is 21.6 Å². The van der Waals surface area contributed by atoms with Crippen LogP contribution in [0.3, 0.4) is 0 Å². The van der Waals surface area contributed by atoms with Crippen molar-refractivity contribution in [1.82, 2.24) is 15.3 Å². The van der Waals surface area contributed by atoms with Gasteiger partial charge >= 0.3 is 0 Å². The van der Waals surface area contributed by atoms with E-state index in [-0.39, 0.29) is 6.61 Å². The van der Waals surface area contributed by atoms with Crippen LogP contribution in [0.2, 0.25) is 0 Å². The number of aromatic nitrogens is 2. The second kappa shape index (κ2) is 7.97. The Labute approximate surface area is 139 Å². The van der Waals surface area contributed by atoms with Crippen LogP contribution in [0, 0.1) is 0 Å². The van der Waals surface area contributed by atoms with E-state index in [1.807, 2.05) is 30.3 Å². The molecular formula is C18H19N3OS. The third-order valence-electron chi connectivity index (χ3n) is 3.54. The summed E-state index contributed by atoms with van der Waals surface area (Å²) in [5, 5.41) is 15.5. The van der Waals surface area contributed by atoms with Crippen molar-refractivity contribution < 1.29 is 5.11 Å². The highest BCUT2D eigenvalue weighted by molar-refractivity contribution is 7.13. The predicted molar refractivity (Wildman–Crippen MR) is 93.1 cm³/mol. The zero-order valence-corrected chi connectivity index (χ0v) is 13.6. The zero-order chi connectivity index (χ0) is 15.9. The number of hydrogen-bond acceptors (Lipinski definition) is 5. The number of nitrogens with zero attached hydrogens (tertiary/aromatic N) is 2. The lowest BCUT2D eigenvalue weighted by Gasteiger charge is -2.04. The summed E-state index contributed by atoms with van der Waals surface area (Å²) in [5.74, 6) is 0. The van der Waals surface area contributed by atoms with Gasteiger partial charge in [-0.3, -0.25) is 4.98 Å².